The van der Waals surface area contributed by atoms with Crippen LogP contribution in [0.25, 0.3) is 0 Å². The van der Waals surface area contributed by atoms with E-state index in [1.807, 2.05) is 22.6 Å². The molecule has 0 aliphatic carbocycles. The Morgan fingerprint density at radius 2 is 2.31 bits per heavy atom. The minimum atomic E-state index is -0.333. The lowest BCUT2D eigenvalue weighted by Crippen LogP contribution is -2.25. The zero-order chi connectivity index (χ0) is 11.7. The Labute approximate surface area is 113 Å². The molecule has 1 aromatic rings. The Morgan fingerprint density at radius 1 is 1.56 bits per heavy atom. The Balaban J connectivity index is 2.28. The number of thiol groups is 1. The van der Waals surface area contributed by atoms with Gasteiger partial charge in [-0.2, -0.15) is 12.6 Å². The highest BCUT2D eigenvalue weighted by atomic mass is 127. The fourth-order valence-corrected chi connectivity index (χ4v) is 2.53. The zero-order valence-electron chi connectivity index (χ0n) is 8.49. The third-order valence-electron chi connectivity index (χ3n) is 2.66. The Hall–Kier alpha value is -0.300. The number of halogens is 2. The van der Waals surface area contributed by atoms with E-state index >= 15 is 0 Å². The van der Waals surface area contributed by atoms with Crippen LogP contribution in [-0.2, 0) is 4.79 Å². The molecular weight excluding hydrogens is 340 g/mol. The molecule has 2 nitrogen and oxygen atoms in total. The van der Waals surface area contributed by atoms with E-state index in [0.717, 1.165) is 3.57 Å². The van der Waals surface area contributed by atoms with Gasteiger partial charge in [0.25, 0.3) is 0 Å². The highest BCUT2D eigenvalue weighted by Crippen LogP contribution is 2.28. The van der Waals surface area contributed by atoms with Crippen molar-refractivity contribution in [3.8, 4) is 0 Å². The summed E-state index contributed by atoms with van der Waals surface area (Å²) < 4.78 is 14.5. The van der Waals surface area contributed by atoms with Gasteiger partial charge in [-0.1, -0.05) is 0 Å². The van der Waals surface area contributed by atoms with Crippen LogP contribution in [0.3, 0.4) is 0 Å². The molecule has 0 N–H and O–H groups in total. The first-order valence-electron chi connectivity index (χ1n) is 4.98. The van der Waals surface area contributed by atoms with Crippen molar-refractivity contribution in [1.82, 2.24) is 0 Å². The number of rotatable bonds is 2. The lowest BCUT2D eigenvalue weighted by atomic mass is 10.1. The molecule has 0 aromatic heterocycles. The van der Waals surface area contributed by atoms with Crippen LogP contribution in [-0.4, -0.2) is 18.2 Å². The van der Waals surface area contributed by atoms with Gasteiger partial charge in [0.05, 0.1) is 5.69 Å². The number of anilines is 1. The topological polar surface area (TPSA) is 20.3 Å². The second-order valence-corrected chi connectivity index (χ2v) is 5.46. The second kappa shape index (κ2) is 4.91. The summed E-state index contributed by atoms with van der Waals surface area (Å²) in [4.78, 5) is 13.2. The van der Waals surface area contributed by atoms with Crippen LogP contribution in [0.1, 0.15) is 6.42 Å². The van der Waals surface area contributed by atoms with Crippen LogP contribution in [0.5, 0.6) is 0 Å². The summed E-state index contributed by atoms with van der Waals surface area (Å²) in [5.41, 5.74) is 0.384. The molecule has 1 fully saturated rings. The van der Waals surface area contributed by atoms with Crippen LogP contribution in [0, 0.1) is 15.3 Å². The van der Waals surface area contributed by atoms with Crippen molar-refractivity contribution in [2.45, 2.75) is 6.42 Å². The number of carbonyl (C=O) groups is 1. The summed E-state index contributed by atoms with van der Waals surface area (Å²) in [6.07, 6.45) is 0.467. The fraction of sp³-hybridized carbons (Fsp3) is 0.364. The van der Waals surface area contributed by atoms with E-state index in [4.69, 9.17) is 0 Å². The molecule has 0 radical (unpaired) electrons. The number of hydrogen-bond acceptors (Lipinski definition) is 2. The van der Waals surface area contributed by atoms with E-state index in [0.29, 0.717) is 24.4 Å². The Morgan fingerprint density at radius 3 is 2.88 bits per heavy atom. The highest BCUT2D eigenvalue weighted by Gasteiger charge is 2.31. The molecule has 1 amide bonds. The average molecular weight is 351 g/mol. The maximum absolute atomic E-state index is 13.7. The van der Waals surface area contributed by atoms with Gasteiger partial charge >= 0.3 is 0 Å². The van der Waals surface area contributed by atoms with Crippen molar-refractivity contribution in [3.05, 3.63) is 27.6 Å². The third kappa shape index (κ3) is 2.34. The van der Waals surface area contributed by atoms with E-state index < -0.39 is 0 Å². The molecule has 0 bridgehead atoms. The van der Waals surface area contributed by atoms with E-state index in [-0.39, 0.29) is 17.6 Å². The summed E-state index contributed by atoms with van der Waals surface area (Å²) in [7, 11) is 0. The predicted octanol–water partition coefficient (Wildman–Crippen LogP) is 2.71. The predicted molar refractivity (Wildman–Crippen MR) is 73.4 cm³/mol. The molecular formula is C11H11FINOS. The minimum absolute atomic E-state index is 0.0147. The van der Waals surface area contributed by atoms with Gasteiger partial charge in [0.15, 0.2) is 0 Å². The van der Waals surface area contributed by atoms with Crippen LogP contribution >= 0.6 is 35.2 Å². The quantitative estimate of drug-likeness (QED) is 0.642. The molecule has 1 aliphatic heterocycles. The van der Waals surface area contributed by atoms with Gasteiger partial charge in [0.2, 0.25) is 5.91 Å². The summed E-state index contributed by atoms with van der Waals surface area (Å²) in [5.74, 6) is 0.544. The molecule has 86 valence electrons. The molecule has 1 unspecified atom stereocenters. The summed E-state index contributed by atoms with van der Waals surface area (Å²) in [5, 5.41) is 0. The number of nitrogens with zero attached hydrogens (tertiary/aromatic N) is 1. The summed E-state index contributed by atoms with van der Waals surface area (Å²) in [6, 6.07) is 4.91. The number of benzene rings is 1. The van der Waals surface area contributed by atoms with Crippen molar-refractivity contribution in [3.63, 3.8) is 0 Å². The first kappa shape index (κ1) is 12.2. The van der Waals surface area contributed by atoms with Crippen molar-refractivity contribution in [1.29, 1.82) is 0 Å². The Kier molecular flexibility index (Phi) is 3.73. The first-order valence-corrected chi connectivity index (χ1v) is 6.69. The third-order valence-corrected chi connectivity index (χ3v) is 3.85. The van der Waals surface area contributed by atoms with Crippen molar-refractivity contribution in [2.75, 3.05) is 17.2 Å². The fourth-order valence-electron chi connectivity index (χ4n) is 1.84. The van der Waals surface area contributed by atoms with Gasteiger partial charge in [-0.25, -0.2) is 4.39 Å². The molecule has 2 rings (SSSR count). The van der Waals surface area contributed by atoms with Gasteiger partial charge in [0, 0.05) is 16.5 Å². The number of carbonyl (C=O) groups excluding carboxylic acids is 1. The summed E-state index contributed by atoms with van der Waals surface area (Å²) >= 11 is 6.22. The Bertz CT molecular complexity index is 426. The zero-order valence-corrected chi connectivity index (χ0v) is 11.5. The van der Waals surface area contributed by atoms with Gasteiger partial charge in [-0.15, -0.1) is 0 Å². The van der Waals surface area contributed by atoms with Crippen LogP contribution < -0.4 is 4.90 Å². The molecule has 16 heavy (non-hydrogen) atoms. The van der Waals surface area contributed by atoms with Crippen molar-refractivity contribution < 1.29 is 9.18 Å². The lowest BCUT2D eigenvalue weighted by Gasteiger charge is -2.17. The summed E-state index contributed by atoms with van der Waals surface area (Å²) in [6.45, 7) is 0.569. The molecule has 5 heteroatoms. The normalized spacial score (nSPS) is 20.6. The molecule has 1 heterocycles. The van der Waals surface area contributed by atoms with Crippen LogP contribution in [0.2, 0.25) is 0 Å². The molecule has 0 spiro atoms. The number of amides is 1. The maximum atomic E-state index is 13.7. The van der Waals surface area contributed by atoms with Gasteiger partial charge < -0.3 is 4.90 Å². The highest BCUT2D eigenvalue weighted by molar-refractivity contribution is 14.1. The monoisotopic (exact) mass is 351 g/mol. The average Bonchev–Trinajstić information content (AvgIpc) is 2.60. The van der Waals surface area contributed by atoms with E-state index in [1.165, 1.54) is 11.0 Å². The molecule has 1 aliphatic rings. The standard InChI is InChI=1S/C11H11FINOS/c12-9-4-8(13)1-2-10(9)14-5-7(6-16)3-11(14)15/h1-2,4,7,16H,3,5-6H2. The van der Waals surface area contributed by atoms with Gasteiger partial charge in [-0.05, 0) is 52.5 Å². The first-order chi connectivity index (χ1) is 7.61. The van der Waals surface area contributed by atoms with Gasteiger partial charge in [-0.3, -0.25) is 4.79 Å². The minimum Gasteiger partial charge on any atom is -0.309 e. The van der Waals surface area contributed by atoms with Gasteiger partial charge in [0.1, 0.15) is 5.82 Å². The SMILES string of the molecule is O=C1CC(CS)CN1c1ccc(I)cc1F. The lowest BCUT2D eigenvalue weighted by molar-refractivity contribution is -0.117. The van der Waals surface area contributed by atoms with E-state index in [9.17, 15) is 9.18 Å². The van der Waals surface area contributed by atoms with E-state index in [2.05, 4.69) is 12.6 Å². The molecule has 0 saturated carbocycles. The largest absolute Gasteiger partial charge is 0.309 e. The smallest absolute Gasteiger partial charge is 0.227 e. The maximum Gasteiger partial charge on any atom is 0.227 e. The van der Waals surface area contributed by atoms with Crippen LogP contribution in [0.15, 0.2) is 18.2 Å². The van der Waals surface area contributed by atoms with Crippen molar-refractivity contribution >= 4 is 46.8 Å². The molecule has 1 saturated heterocycles. The van der Waals surface area contributed by atoms with E-state index in [1.54, 1.807) is 12.1 Å². The van der Waals surface area contributed by atoms with Crippen LogP contribution in [0.4, 0.5) is 10.1 Å². The number of hydrogen-bond donors (Lipinski definition) is 1. The molecule has 1 aromatic carbocycles. The van der Waals surface area contributed by atoms with Crippen molar-refractivity contribution in [2.24, 2.45) is 5.92 Å². The second-order valence-electron chi connectivity index (χ2n) is 3.85. The molecule has 1 atom stereocenters.